The minimum absolute atomic E-state index is 0.0810. The predicted molar refractivity (Wildman–Crippen MR) is 49.0 cm³/mol. The smallest absolute Gasteiger partial charge is 0.222 e. The Morgan fingerprint density at radius 2 is 2.17 bits per heavy atom. The number of ether oxygens (including phenoxy) is 1. The first-order valence-electron chi connectivity index (χ1n) is 4.42. The van der Waals surface area contributed by atoms with Crippen LogP contribution < -0.4 is 5.32 Å². The van der Waals surface area contributed by atoms with E-state index in [1.54, 1.807) is 7.11 Å². The first-order valence-corrected chi connectivity index (χ1v) is 4.42. The lowest BCUT2D eigenvalue weighted by Crippen LogP contribution is -2.26. The number of methoxy groups -OCH3 is 1. The summed E-state index contributed by atoms with van der Waals surface area (Å²) in [4.78, 5) is 11.0. The number of nitrogens with one attached hydrogen (secondary N) is 1. The third-order valence-corrected chi connectivity index (χ3v) is 1.58. The van der Waals surface area contributed by atoms with Crippen molar-refractivity contribution in [2.75, 3.05) is 20.3 Å². The number of amides is 1. The van der Waals surface area contributed by atoms with E-state index in [9.17, 15) is 4.79 Å². The molecule has 3 heteroatoms. The molecule has 0 spiro atoms. The van der Waals surface area contributed by atoms with Crippen molar-refractivity contribution in [2.45, 2.75) is 26.7 Å². The van der Waals surface area contributed by atoms with Crippen molar-refractivity contribution in [3.8, 4) is 0 Å². The lowest BCUT2D eigenvalue weighted by atomic mass is 10.1. The summed E-state index contributed by atoms with van der Waals surface area (Å²) in [5.74, 6) is 0.727. The highest BCUT2D eigenvalue weighted by molar-refractivity contribution is 5.75. The van der Waals surface area contributed by atoms with Crippen LogP contribution in [-0.4, -0.2) is 26.2 Å². The van der Waals surface area contributed by atoms with Crippen LogP contribution >= 0.6 is 0 Å². The summed E-state index contributed by atoms with van der Waals surface area (Å²) in [5.41, 5.74) is 0. The molecule has 0 rings (SSSR count). The van der Waals surface area contributed by atoms with Gasteiger partial charge in [-0.25, -0.2) is 0 Å². The minimum Gasteiger partial charge on any atom is -0.384 e. The van der Waals surface area contributed by atoms with Gasteiger partial charge in [0.1, 0.15) is 0 Å². The molecule has 0 aromatic carbocycles. The molecule has 72 valence electrons. The first-order chi connectivity index (χ1) is 5.66. The fourth-order valence-electron chi connectivity index (χ4n) is 0.783. The molecule has 3 nitrogen and oxygen atoms in total. The second-order valence-corrected chi connectivity index (χ2v) is 3.28. The molecular formula is C9H19NO2. The van der Waals surface area contributed by atoms with Gasteiger partial charge in [0.15, 0.2) is 0 Å². The van der Waals surface area contributed by atoms with Crippen molar-refractivity contribution in [2.24, 2.45) is 5.92 Å². The standard InChI is InChI=1S/C9H19NO2/c1-8(2)4-6-10-9(11)5-7-12-3/h8H,4-7H2,1-3H3,(H,10,11). The molecule has 0 atom stereocenters. The minimum atomic E-state index is 0.0810. The van der Waals surface area contributed by atoms with Crippen LogP contribution in [0.5, 0.6) is 0 Å². The van der Waals surface area contributed by atoms with Crippen LogP contribution in [0.2, 0.25) is 0 Å². The topological polar surface area (TPSA) is 38.3 Å². The zero-order valence-corrected chi connectivity index (χ0v) is 8.22. The maximum Gasteiger partial charge on any atom is 0.222 e. The van der Waals surface area contributed by atoms with Gasteiger partial charge >= 0.3 is 0 Å². The molecule has 0 aliphatic rings. The molecule has 0 bridgehead atoms. The highest BCUT2D eigenvalue weighted by Crippen LogP contribution is 1.96. The van der Waals surface area contributed by atoms with Gasteiger partial charge in [-0.1, -0.05) is 13.8 Å². The Labute approximate surface area is 74.5 Å². The Kier molecular flexibility index (Phi) is 6.76. The summed E-state index contributed by atoms with van der Waals surface area (Å²) in [6, 6.07) is 0. The Balaban J connectivity index is 3.20. The Morgan fingerprint density at radius 3 is 2.67 bits per heavy atom. The molecule has 0 heterocycles. The van der Waals surface area contributed by atoms with Crippen molar-refractivity contribution in [3.05, 3.63) is 0 Å². The molecule has 0 aliphatic heterocycles. The van der Waals surface area contributed by atoms with Crippen LogP contribution in [0, 0.1) is 5.92 Å². The molecule has 0 fully saturated rings. The van der Waals surface area contributed by atoms with Crippen molar-refractivity contribution < 1.29 is 9.53 Å². The molecule has 0 aromatic rings. The average Bonchev–Trinajstić information content (AvgIpc) is 2.00. The zero-order valence-electron chi connectivity index (χ0n) is 8.22. The molecule has 0 unspecified atom stereocenters. The third kappa shape index (κ3) is 7.54. The van der Waals surface area contributed by atoms with E-state index in [0.29, 0.717) is 18.9 Å². The van der Waals surface area contributed by atoms with Gasteiger partial charge in [-0.05, 0) is 12.3 Å². The van der Waals surface area contributed by atoms with Gasteiger partial charge in [0.25, 0.3) is 0 Å². The van der Waals surface area contributed by atoms with Crippen molar-refractivity contribution in [3.63, 3.8) is 0 Å². The van der Waals surface area contributed by atoms with Gasteiger partial charge in [0.2, 0.25) is 5.91 Å². The van der Waals surface area contributed by atoms with E-state index >= 15 is 0 Å². The van der Waals surface area contributed by atoms with E-state index in [1.807, 2.05) is 0 Å². The van der Waals surface area contributed by atoms with Gasteiger partial charge in [-0.15, -0.1) is 0 Å². The second-order valence-electron chi connectivity index (χ2n) is 3.28. The summed E-state index contributed by atoms with van der Waals surface area (Å²) >= 11 is 0. The molecule has 12 heavy (non-hydrogen) atoms. The van der Waals surface area contributed by atoms with Gasteiger partial charge in [0.05, 0.1) is 6.61 Å². The third-order valence-electron chi connectivity index (χ3n) is 1.58. The number of hydrogen-bond acceptors (Lipinski definition) is 2. The van der Waals surface area contributed by atoms with E-state index in [0.717, 1.165) is 13.0 Å². The zero-order chi connectivity index (χ0) is 9.40. The average molecular weight is 173 g/mol. The predicted octanol–water partition coefficient (Wildman–Crippen LogP) is 1.19. The summed E-state index contributed by atoms with van der Waals surface area (Å²) in [7, 11) is 1.60. The van der Waals surface area contributed by atoms with Crippen LogP contribution in [0.1, 0.15) is 26.7 Å². The van der Waals surface area contributed by atoms with Crippen LogP contribution in [0.4, 0.5) is 0 Å². The van der Waals surface area contributed by atoms with Crippen LogP contribution in [0.15, 0.2) is 0 Å². The summed E-state index contributed by atoms with van der Waals surface area (Å²) in [6.45, 7) is 5.57. The maximum atomic E-state index is 11.0. The fraction of sp³-hybridized carbons (Fsp3) is 0.889. The molecule has 0 saturated heterocycles. The summed E-state index contributed by atoms with van der Waals surface area (Å²) in [6.07, 6.45) is 1.51. The van der Waals surface area contributed by atoms with Crippen LogP contribution in [0.25, 0.3) is 0 Å². The molecule has 0 aliphatic carbocycles. The summed E-state index contributed by atoms with van der Waals surface area (Å²) < 4.78 is 4.78. The highest BCUT2D eigenvalue weighted by atomic mass is 16.5. The molecule has 0 saturated carbocycles. The Hall–Kier alpha value is -0.570. The van der Waals surface area contributed by atoms with E-state index in [4.69, 9.17) is 4.74 Å². The first kappa shape index (κ1) is 11.4. The number of carbonyl (C=O) groups is 1. The lowest BCUT2D eigenvalue weighted by Gasteiger charge is -2.06. The SMILES string of the molecule is COCCC(=O)NCCC(C)C. The number of rotatable bonds is 6. The Morgan fingerprint density at radius 1 is 1.50 bits per heavy atom. The van der Waals surface area contributed by atoms with Crippen molar-refractivity contribution >= 4 is 5.91 Å². The van der Waals surface area contributed by atoms with E-state index in [1.165, 1.54) is 0 Å². The van der Waals surface area contributed by atoms with Gasteiger partial charge in [0, 0.05) is 20.1 Å². The monoisotopic (exact) mass is 173 g/mol. The van der Waals surface area contributed by atoms with E-state index < -0.39 is 0 Å². The van der Waals surface area contributed by atoms with Crippen molar-refractivity contribution in [1.82, 2.24) is 5.32 Å². The molecule has 1 amide bonds. The molecule has 1 N–H and O–H groups in total. The largest absolute Gasteiger partial charge is 0.384 e. The molecule has 0 aromatic heterocycles. The van der Waals surface area contributed by atoms with Crippen molar-refractivity contribution in [1.29, 1.82) is 0 Å². The van der Waals surface area contributed by atoms with Gasteiger partial charge in [-0.2, -0.15) is 0 Å². The highest BCUT2D eigenvalue weighted by Gasteiger charge is 1.99. The normalized spacial score (nSPS) is 10.3. The summed E-state index contributed by atoms with van der Waals surface area (Å²) in [5, 5.41) is 2.83. The molecule has 0 radical (unpaired) electrons. The second kappa shape index (κ2) is 7.10. The van der Waals surface area contributed by atoms with E-state index in [-0.39, 0.29) is 5.91 Å². The fourth-order valence-corrected chi connectivity index (χ4v) is 0.783. The number of hydrogen-bond donors (Lipinski definition) is 1. The Bertz CT molecular complexity index is 124. The van der Waals surface area contributed by atoms with Gasteiger partial charge in [-0.3, -0.25) is 4.79 Å². The quantitative estimate of drug-likeness (QED) is 0.655. The molecular weight excluding hydrogens is 154 g/mol. The van der Waals surface area contributed by atoms with Crippen LogP contribution in [-0.2, 0) is 9.53 Å². The lowest BCUT2D eigenvalue weighted by molar-refractivity contribution is -0.121. The maximum absolute atomic E-state index is 11.0. The van der Waals surface area contributed by atoms with E-state index in [2.05, 4.69) is 19.2 Å². The number of carbonyl (C=O) groups excluding carboxylic acids is 1. The van der Waals surface area contributed by atoms with Crippen LogP contribution in [0.3, 0.4) is 0 Å². The van der Waals surface area contributed by atoms with Gasteiger partial charge < -0.3 is 10.1 Å².